The predicted octanol–water partition coefficient (Wildman–Crippen LogP) is 3.85. The van der Waals surface area contributed by atoms with Crippen LogP contribution in [0, 0.1) is 5.92 Å². The predicted molar refractivity (Wildman–Crippen MR) is 86.6 cm³/mol. The van der Waals surface area contributed by atoms with Gasteiger partial charge in [-0.25, -0.2) is 0 Å². The van der Waals surface area contributed by atoms with Gasteiger partial charge in [-0.2, -0.15) is 0 Å². The van der Waals surface area contributed by atoms with Crippen LogP contribution in [0.25, 0.3) is 0 Å². The number of benzene rings is 1. The average molecular weight is 306 g/mol. The first-order valence-electron chi connectivity index (χ1n) is 8.25. The maximum atomic E-state index is 12.6. The van der Waals surface area contributed by atoms with E-state index >= 15 is 0 Å². The lowest BCUT2D eigenvalue weighted by Crippen LogP contribution is -2.44. The number of carbonyl (C=O) groups is 1. The smallest absolute Gasteiger partial charge is 0.223 e. The van der Waals surface area contributed by atoms with Crippen molar-refractivity contribution in [2.24, 2.45) is 5.92 Å². The molecule has 1 aromatic rings. The van der Waals surface area contributed by atoms with Crippen LogP contribution in [0.2, 0.25) is 0 Å². The van der Waals surface area contributed by atoms with Crippen LogP contribution >= 0.6 is 11.6 Å². The van der Waals surface area contributed by atoms with Gasteiger partial charge >= 0.3 is 0 Å². The van der Waals surface area contributed by atoms with E-state index in [4.69, 9.17) is 11.6 Å². The van der Waals surface area contributed by atoms with Crippen molar-refractivity contribution >= 4 is 17.5 Å². The highest BCUT2D eigenvalue weighted by atomic mass is 35.5. The summed E-state index contributed by atoms with van der Waals surface area (Å²) in [5, 5.41) is 3.34. The zero-order valence-corrected chi connectivity index (χ0v) is 13.2. The van der Waals surface area contributed by atoms with Crippen LogP contribution in [0.4, 0.5) is 0 Å². The van der Waals surface area contributed by atoms with Crippen molar-refractivity contribution < 1.29 is 4.79 Å². The number of hydrogen-bond acceptors (Lipinski definition) is 1. The minimum Gasteiger partial charge on any atom is -0.352 e. The summed E-state index contributed by atoms with van der Waals surface area (Å²) in [5.74, 6) is 0.328. The van der Waals surface area contributed by atoms with Gasteiger partial charge < -0.3 is 5.32 Å². The van der Waals surface area contributed by atoms with Gasteiger partial charge in [0.25, 0.3) is 0 Å². The fraction of sp³-hybridized carbons (Fsp3) is 0.611. The summed E-state index contributed by atoms with van der Waals surface area (Å²) in [6.07, 6.45) is 8.53. The van der Waals surface area contributed by atoms with E-state index in [1.54, 1.807) is 0 Å². The minimum absolute atomic E-state index is 0.104. The number of halogens is 1. The van der Waals surface area contributed by atoms with Gasteiger partial charge in [-0.1, -0.05) is 43.5 Å². The fourth-order valence-electron chi connectivity index (χ4n) is 3.65. The van der Waals surface area contributed by atoms with E-state index < -0.39 is 0 Å². The number of carbonyl (C=O) groups excluding carboxylic acids is 1. The Kier molecular flexibility index (Phi) is 4.84. The third-order valence-electron chi connectivity index (χ3n) is 4.98. The first-order valence-corrected chi connectivity index (χ1v) is 8.69. The quantitative estimate of drug-likeness (QED) is 0.652. The average Bonchev–Trinajstić information content (AvgIpc) is 2.72. The van der Waals surface area contributed by atoms with Crippen molar-refractivity contribution in [3.8, 4) is 0 Å². The Labute approximate surface area is 132 Å². The fourth-order valence-corrected chi connectivity index (χ4v) is 3.99. The third-order valence-corrected chi connectivity index (χ3v) is 5.50. The van der Waals surface area contributed by atoms with Crippen molar-refractivity contribution in [3.63, 3.8) is 0 Å². The molecule has 3 heteroatoms. The molecule has 1 amide bonds. The second kappa shape index (κ2) is 6.83. The summed E-state index contributed by atoms with van der Waals surface area (Å²) in [7, 11) is 0. The molecule has 1 saturated carbocycles. The number of nitrogens with one attached hydrogen (secondary N) is 1. The second-order valence-corrected chi connectivity index (χ2v) is 7.04. The Bertz CT molecular complexity index is 502. The molecule has 0 heterocycles. The topological polar surface area (TPSA) is 29.1 Å². The molecule has 0 spiro atoms. The van der Waals surface area contributed by atoms with E-state index in [1.807, 2.05) is 0 Å². The van der Waals surface area contributed by atoms with Crippen molar-refractivity contribution in [1.29, 1.82) is 0 Å². The largest absolute Gasteiger partial charge is 0.352 e. The number of fused-ring (bicyclic) bond motifs is 1. The maximum absolute atomic E-state index is 12.6. The van der Waals surface area contributed by atoms with Gasteiger partial charge in [0.15, 0.2) is 0 Å². The lowest BCUT2D eigenvalue weighted by Gasteiger charge is -2.27. The molecule has 114 valence electrons. The molecule has 0 bridgehead atoms. The van der Waals surface area contributed by atoms with Gasteiger partial charge in [-0.15, -0.1) is 11.6 Å². The molecule has 2 nitrogen and oxygen atoms in total. The van der Waals surface area contributed by atoms with Crippen LogP contribution in [0.1, 0.15) is 49.7 Å². The molecule has 3 atom stereocenters. The lowest BCUT2D eigenvalue weighted by molar-refractivity contribution is -0.126. The number of aryl methyl sites for hydroxylation is 1. The van der Waals surface area contributed by atoms with E-state index in [-0.39, 0.29) is 23.2 Å². The molecule has 3 rings (SSSR count). The Hall–Kier alpha value is -1.02. The number of alkyl halides is 1. The Balaban J connectivity index is 1.61. The zero-order valence-electron chi connectivity index (χ0n) is 12.5. The summed E-state index contributed by atoms with van der Waals surface area (Å²) < 4.78 is 0. The van der Waals surface area contributed by atoms with Crippen molar-refractivity contribution in [2.75, 3.05) is 0 Å². The van der Waals surface area contributed by atoms with Crippen LogP contribution < -0.4 is 5.32 Å². The van der Waals surface area contributed by atoms with Gasteiger partial charge in [-0.3, -0.25) is 4.79 Å². The van der Waals surface area contributed by atoms with Crippen molar-refractivity contribution in [3.05, 3.63) is 35.4 Å². The molecule has 2 aliphatic rings. The SMILES string of the molecule is O=C(NC1CCCCCC1Cl)C1CCc2ccccc2C1. The summed E-state index contributed by atoms with van der Waals surface area (Å²) in [4.78, 5) is 12.6. The summed E-state index contributed by atoms with van der Waals surface area (Å²) in [6.45, 7) is 0. The molecule has 0 radical (unpaired) electrons. The number of hydrogen-bond donors (Lipinski definition) is 1. The third kappa shape index (κ3) is 3.60. The lowest BCUT2D eigenvalue weighted by atomic mass is 9.83. The van der Waals surface area contributed by atoms with E-state index in [9.17, 15) is 4.79 Å². The highest BCUT2D eigenvalue weighted by Crippen LogP contribution is 2.27. The number of rotatable bonds is 2. The van der Waals surface area contributed by atoms with Crippen molar-refractivity contribution in [1.82, 2.24) is 5.32 Å². The monoisotopic (exact) mass is 305 g/mol. The molecule has 3 unspecified atom stereocenters. The molecule has 2 aliphatic carbocycles. The van der Waals surface area contributed by atoms with Crippen LogP contribution in [-0.2, 0) is 17.6 Å². The molecule has 0 aliphatic heterocycles. The van der Waals surface area contributed by atoms with E-state index in [0.717, 1.165) is 32.1 Å². The van der Waals surface area contributed by atoms with E-state index in [2.05, 4.69) is 29.6 Å². The number of amides is 1. The molecule has 0 aromatic heterocycles. The van der Waals surface area contributed by atoms with Gasteiger partial charge in [0.05, 0.1) is 5.38 Å². The summed E-state index contributed by atoms with van der Waals surface area (Å²) in [6, 6.07) is 8.66. The standard InChI is InChI=1S/C18H24ClNO/c19-16-8-2-1-3-9-17(16)20-18(21)15-11-10-13-6-4-5-7-14(13)12-15/h4-7,15-17H,1-3,8-12H2,(H,20,21). The van der Waals surface area contributed by atoms with Gasteiger partial charge in [-0.05, 0) is 43.2 Å². The van der Waals surface area contributed by atoms with E-state index in [1.165, 1.54) is 30.4 Å². The summed E-state index contributed by atoms with van der Waals surface area (Å²) >= 11 is 6.44. The first-order chi connectivity index (χ1) is 10.2. The Morgan fingerprint density at radius 3 is 2.67 bits per heavy atom. The minimum atomic E-state index is 0.104. The van der Waals surface area contributed by atoms with Gasteiger partial charge in [0.2, 0.25) is 5.91 Å². The summed E-state index contributed by atoms with van der Waals surface area (Å²) in [5.41, 5.74) is 2.75. The van der Waals surface area contributed by atoms with Crippen LogP contribution in [-0.4, -0.2) is 17.3 Å². The molecule has 1 fully saturated rings. The van der Waals surface area contributed by atoms with Crippen LogP contribution in [0.3, 0.4) is 0 Å². The molecule has 0 saturated heterocycles. The normalized spacial score (nSPS) is 29.3. The van der Waals surface area contributed by atoms with Gasteiger partial charge in [0.1, 0.15) is 0 Å². The second-order valence-electron chi connectivity index (χ2n) is 6.48. The van der Waals surface area contributed by atoms with E-state index in [0.29, 0.717) is 0 Å². The molecule has 1 N–H and O–H groups in total. The zero-order chi connectivity index (χ0) is 14.7. The van der Waals surface area contributed by atoms with Gasteiger partial charge in [0, 0.05) is 12.0 Å². The Morgan fingerprint density at radius 2 is 1.81 bits per heavy atom. The van der Waals surface area contributed by atoms with Crippen LogP contribution in [0.5, 0.6) is 0 Å². The van der Waals surface area contributed by atoms with Crippen molar-refractivity contribution in [2.45, 2.75) is 62.8 Å². The molecular weight excluding hydrogens is 282 g/mol. The highest BCUT2D eigenvalue weighted by Gasteiger charge is 2.29. The molecule has 1 aromatic carbocycles. The Morgan fingerprint density at radius 1 is 1.05 bits per heavy atom. The first kappa shape index (κ1) is 14.9. The van der Waals surface area contributed by atoms with Crippen LogP contribution in [0.15, 0.2) is 24.3 Å². The maximum Gasteiger partial charge on any atom is 0.223 e. The molecular formula is C18H24ClNO. The molecule has 21 heavy (non-hydrogen) atoms. The highest BCUT2D eigenvalue weighted by molar-refractivity contribution is 6.21.